The van der Waals surface area contributed by atoms with Crippen molar-refractivity contribution in [1.29, 1.82) is 0 Å². The Morgan fingerprint density at radius 2 is 2.00 bits per heavy atom. The topological polar surface area (TPSA) is 59.8 Å². The molecule has 2 aliphatic rings. The van der Waals surface area contributed by atoms with Crippen LogP contribution < -0.4 is 9.47 Å². The molecule has 0 atom stereocenters. The van der Waals surface area contributed by atoms with E-state index in [9.17, 15) is 0 Å². The number of rotatable bonds is 5. The van der Waals surface area contributed by atoms with Gasteiger partial charge < -0.3 is 9.47 Å². The molecular formula is C22H28N4O2. The van der Waals surface area contributed by atoms with Gasteiger partial charge in [-0.05, 0) is 32.3 Å². The molecule has 1 aromatic heterocycles. The van der Waals surface area contributed by atoms with Crippen LogP contribution in [0.5, 0.6) is 11.5 Å². The highest BCUT2D eigenvalue weighted by atomic mass is 16.5. The van der Waals surface area contributed by atoms with Crippen LogP contribution in [0.2, 0.25) is 0 Å². The van der Waals surface area contributed by atoms with Crippen molar-refractivity contribution >= 4 is 5.71 Å². The Labute approximate surface area is 166 Å². The lowest BCUT2D eigenvalue weighted by molar-refractivity contribution is 0.238. The highest BCUT2D eigenvalue weighted by molar-refractivity contribution is 5.97. The van der Waals surface area contributed by atoms with Gasteiger partial charge in [-0.2, -0.15) is 0 Å². The van der Waals surface area contributed by atoms with E-state index in [0.717, 1.165) is 67.6 Å². The zero-order chi connectivity index (χ0) is 19.5. The van der Waals surface area contributed by atoms with Gasteiger partial charge in [-0.15, -0.1) is 0 Å². The number of benzene rings is 1. The first-order chi connectivity index (χ1) is 13.7. The summed E-state index contributed by atoms with van der Waals surface area (Å²) in [5.74, 6) is 2.60. The fourth-order valence-corrected chi connectivity index (χ4v) is 4.13. The minimum absolute atomic E-state index is 0.833. The normalized spacial score (nSPS) is 17.0. The van der Waals surface area contributed by atoms with Crippen molar-refractivity contribution in [3.05, 3.63) is 46.5 Å². The Morgan fingerprint density at radius 3 is 2.75 bits per heavy atom. The average molecular weight is 380 g/mol. The monoisotopic (exact) mass is 380 g/mol. The molecule has 2 aliphatic heterocycles. The Morgan fingerprint density at radius 1 is 1.11 bits per heavy atom. The Hall–Kier alpha value is -2.47. The molecule has 0 spiro atoms. The second-order valence-electron chi connectivity index (χ2n) is 7.50. The molecule has 148 valence electrons. The molecule has 0 saturated heterocycles. The maximum Gasteiger partial charge on any atom is 0.173 e. The summed E-state index contributed by atoms with van der Waals surface area (Å²) in [4.78, 5) is 16.5. The zero-order valence-corrected chi connectivity index (χ0v) is 17.0. The third-order valence-electron chi connectivity index (χ3n) is 5.65. The third-order valence-corrected chi connectivity index (χ3v) is 5.65. The molecule has 1 aromatic carbocycles. The van der Waals surface area contributed by atoms with E-state index in [-0.39, 0.29) is 0 Å². The Kier molecular flexibility index (Phi) is 5.57. The van der Waals surface area contributed by atoms with Crippen molar-refractivity contribution in [3.63, 3.8) is 0 Å². The van der Waals surface area contributed by atoms with Crippen molar-refractivity contribution < 1.29 is 9.47 Å². The van der Waals surface area contributed by atoms with Gasteiger partial charge in [-0.25, -0.2) is 9.97 Å². The minimum Gasteiger partial charge on any atom is -0.496 e. The summed E-state index contributed by atoms with van der Waals surface area (Å²) in [7, 11) is 3.41. The number of nitrogens with zero attached hydrogens (tertiary/aromatic N) is 4. The summed E-state index contributed by atoms with van der Waals surface area (Å²) < 4.78 is 11.1. The van der Waals surface area contributed by atoms with E-state index in [1.807, 2.05) is 19.2 Å². The van der Waals surface area contributed by atoms with Crippen molar-refractivity contribution in [3.8, 4) is 11.5 Å². The van der Waals surface area contributed by atoms with Crippen molar-refractivity contribution in [2.45, 2.75) is 45.7 Å². The van der Waals surface area contributed by atoms with Crippen LogP contribution in [-0.2, 0) is 19.5 Å². The predicted molar refractivity (Wildman–Crippen MR) is 109 cm³/mol. The highest BCUT2D eigenvalue weighted by Crippen LogP contribution is 2.32. The van der Waals surface area contributed by atoms with E-state index in [1.165, 1.54) is 29.7 Å². The first-order valence-electron chi connectivity index (χ1n) is 10.0. The number of fused-ring (bicyclic) bond motifs is 1. The fraction of sp³-hybridized carbons (Fsp3) is 0.500. The molecule has 2 aromatic rings. The molecule has 6 nitrogen and oxygen atoms in total. The molecule has 4 rings (SSSR count). The van der Waals surface area contributed by atoms with E-state index in [4.69, 9.17) is 14.5 Å². The van der Waals surface area contributed by atoms with Gasteiger partial charge in [-0.3, -0.25) is 9.89 Å². The largest absolute Gasteiger partial charge is 0.496 e. The molecule has 0 fully saturated rings. The van der Waals surface area contributed by atoms with Crippen molar-refractivity contribution in [2.75, 3.05) is 27.3 Å². The summed E-state index contributed by atoms with van der Waals surface area (Å²) in [6, 6.07) is 4.12. The lowest BCUT2D eigenvalue weighted by Crippen LogP contribution is -2.31. The van der Waals surface area contributed by atoms with E-state index in [1.54, 1.807) is 14.2 Å². The van der Waals surface area contributed by atoms with Crippen LogP contribution in [0.15, 0.2) is 23.3 Å². The molecule has 0 bridgehead atoms. The summed E-state index contributed by atoms with van der Waals surface area (Å²) in [6.07, 6.45) is 6.31. The first-order valence-corrected chi connectivity index (χ1v) is 10.0. The van der Waals surface area contributed by atoms with Gasteiger partial charge in [0.1, 0.15) is 11.5 Å². The van der Waals surface area contributed by atoms with Crippen LogP contribution in [0, 0.1) is 6.92 Å². The molecule has 3 heterocycles. The van der Waals surface area contributed by atoms with Crippen LogP contribution in [0.4, 0.5) is 0 Å². The molecule has 0 N–H and O–H groups in total. The van der Waals surface area contributed by atoms with E-state index >= 15 is 0 Å². The standard InChI is InChI=1S/C22H28N4O2/c1-15-20(27-2)8-7-16(21(15)28-3)13-26-11-9-18-17(14-26)12-24-22(25-18)19-6-4-5-10-23-19/h7-8,12H,4-6,9-11,13-14H2,1-3H3. The highest BCUT2D eigenvalue weighted by Gasteiger charge is 2.22. The van der Waals surface area contributed by atoms with Gasteiger partial charge in [0.2, 0.25) is 0 Å². The average Bonchev–Trinajstić information content (AvgIpc) is 2.74. The second-order valence-corrected chi connectivity index (χ2v) is 7.50. The van der Waals surface area contributed by atoms with Crippen molar-refractivity contribution in [1.82, 2.24) is 14.9 Å². The maximum atomic E-state index is 5.67. The number of hydrogen-bond acceptors (Lipinski definition) is 6. The van der Waals surface area contributed by atoms with Crippen LogP contribution in [-0.4, -0.2) is 47.9 Å². The van der Waals surface area contributed by atoms with Gasteiger partial charge in [0.25, 0.3) is 0 Å². The lowest BCUT2D eigenvalue weighted by Gasteiger charge is -2.29. The molecule has 28 heavy (non-hydrogen) atoms. The van der Waals surface area contributed by atoms with Crippen LogP contribution in [0.25, 0.3) is 0 Å². The SMILES string of the molecule is COc1ccc(CN2CCc3nc(C4=NCCCC4)ncc3C2)c(OC)c1C. The molecule has 0 unspecified atom stereocenters. The van der Waals surface area contributed by atoms with Crippen LogP contribution in [0.3, 0.4) is 0 Å². The molecule has 0 saturated carbocycles. The number of methoxy groups -OCH3 is 2. The maximum absolute atomic E-state index is 5.67. The quantitative estimate of drug-likeness (QED) is 0.796. The molecular weight excluding hydrogens is 352 g/mol. The van der Waals surface area contributed by atoms with Crippen LogP contribution in [0.1, 0.15) is 47.5 Å². The second kappa shape index (κ2) is 8.27. The molecule has 0 aliphatic carbocycles. The number of hydrogen-bond donors (Lipinski definition) is 0. The fourth-order valence-electron chi connectivity index (χ4n) is 4.13. The Balaban J connectivity index is 1.50. The first kappa shape index (κ1) is 18.9. The number of aliphatic imine (C=N–C) groups is 1. The lowest BCUT2D eigenvalue weighted by atomic mass is 10.0. The van der Waals surface area contributed by atoms with Gasteiger partial charge >= 0.3 is 0 Å². The number of ether oxygens (including phenoxy) is 2. The zero-order valence-electron chi connectivity index (χ0n) is 17.0. The van der Waals surface area contributed by atoms with E-state index in [0.29, 0.717) is 0 Å². The Bertz CT molecular complexity index is 894. The molecule has 0 amide bonds. The predicted octanol–water partition coefficient (Wildman–Crippen LogP) is 3.33. The summed E-state index contributed by atoms with van der Waals surface area (Å²) in [5, 5.41) is 0. The smallest absolute Gasteiger partial charge is 0.173 e. The van der Waals surface area contributed by atoms with Gasteiger partial charge in [0, 0.05) is 55.5 Å². The number of aromatic nitrogens is 2. The van der Waals surface area contributed by atoms with Gasteiger partial charge in [0.05, 0.1) is 25.6 Å². The summed E-state index contributed by atoms with van der Waals surface area (Å²) in [5.41, 5.74) is 5.69. The third kappa shape index (κ3) is 3.74. The van der Waals surface area contributed by atoms with E-state index < -0.39 is 0 Å². The summed E-state index contributed by atoms with van der Waals surface area (Å²) >= 11 is 0. The molecule has 0 radical (unpaired) electrons. The van der Waals surface area contributed by atoms with E-state index in [2.05, 4.69) is 20.9 Å². The van der Waals surface area contributed by atoms with Gasteiger partial charge in [-0.1, -0.05) is 6.07 Å². The van der Waals surface area contributed by atoms with Crippen molar-refractivity contribution in [2.24, 2.45) is 4.99 Å². The van der Waals surface area contributed by atoms with Gasteiger partial charge in [0.15, 0.2) is 5.82 Å². The minimum atomic E-state index is 0.833. The molecule has 6 heteroatoms. The summed E-state index contributed by atoms with van der Waals surface area (Å²) in [6.45, 7) is 5.62. The van der Waals surface area contributed by atoms with Crippen LogP contribution >= 0.6 is 0 Å².